The van der Waals surface area contributed by atoms with Crippen LogP contribution in [0.1, 0.15) is 18.4 Å². The van der Waals surface area contributed by atoms with E-state index in [2.05, 4.69) is 49.2 Å². The number of hydrogen-bond acceptors (Lipinski definition) is 5. The Hall–Kier alpha value is -1.13. The van der Waals surface area contributed by atoms with Crippen LogP contribution >= 0.6 is 24.0 Å². The Balaban J connectivity index is 0.00000225. The summed E-state index contributed by atoms with van der Waals surface area (Å²) in [5, 5.41) is 3.51. The Morgan fingerprint density at radius 1 is 1.21 bits per heavy atom. The molecular weight excluding hydrogens is 467 g/mol. The van der Waals surface area contributed by atoms with E-state index in [-0.39, 0.29) is 24.0 Å². The number of aliphatic imine (C=N–C) groups is 1. The van der Waals surface area contributed by atoms with E-state index in [1.54, 1.807) is 0 Å². The molecule has 156 valence electrons. The van der Waals surface area contributed by atoms with Crippen molar-refractivity contribution in [3.05, 3.63) is 23.9 Å². The minimum Gasteiger partial charge on any atom is -0.381 e. The molecule has 7 nitrogen and oxygen atoms in total. The fourth-order valence-electron chi connectivity index (χ4n) is 4.34. The van der Waals surface area contributed by atoms with Gasteiger partial charge in [0.05, 0.1) is 6.61 Å². The molecule has 0 aliphatic carbocycles. The second-order valence-electron chi connectivity index (χ2n) is 8.19. The van der Waals surface area contributed by atoms with Gasteiger partial charge in [0, 0.05) is 71.1 Å². The number of nitrogens with zero attached hydrogens (tertiary/aromatic N) is 5. The number of hydrogen-bond donors (Lipinski definition) is 1. The summed E-state index contributed by atoms with van der Waals surface area (Å²) in [6.07, 6.45) is 4.37. The zero-order chi connectivity index (χ0) is 18.7. The van der Waals surface area contributed by atoms with Gasteiger partial charge in [0.15, 0.2) is 5.96 Å². The lowest BCUT2D eigenvalue weighted by Gasteiger charge is -2.33. The molecule has 3 aliphatic rings. The summed E-state index contributed by atoms with van der Waals surface area (Å²) in [4.78, 5) is 16.3. The maximum atomic E-state index is 5.64. The summed E-state index contributed by atoms with van der Waals surface area (Å²) in [5.74, 6) is 2.07. The van der Waals surface area contributed by atoms with Gasteiger partial charge < -0.3 is 24.8 Å². The maximum absolute atomic E-state index is 5.64. The van der Waals surface area contributed by atoms with E-state index >= 15 is 0 Å². The number of likely N-dealkylation sites (tertiary alicyclic amines) is 1. The highest BCUT2D eigenvalue weighted by molar-refractivity contribution is 14.0. The molecule has 0 radical (unpaired) electrons. The first kappa shape index (κ1) is 21.6. The lowest BCUT2D eigenvalue weighted by atomic mass is 9.87. The second kappa shape index (κ2) is 9.58. The highest BCUT2D eigenvalue weighted by Gasteiger charge is 2.42. The smallest absolute Gasteiger partial charge is 0.193 e. The summed E-state index contributed by atoms with van der Waals surface area (Å²) in [5.41, 5.74) is 1.54. The van der Waals surface area contributed by atoms with Crippen LogP contribution in [-0.4, -0.2) is 87.3 Å². The van der Waals surface area contributed by atoms with Gasteiger partial charge in [-0.05, 0) is 31.5 Å². The van der Waals surface area contributed by atoms with Crippen molar-refractivity contribution in [2.24, 2.45) is 10.4 Å². The molecule has 28 heavy (non-hydrogen) atoms. The largest absolute Gasteiger partial charge is 0.381 e. The molecule has 1 N–H and O–H groups in total. The minimum atomic E-state index is 0. The van der Waals surface area contributed by atoms with Crippen molar-refractivity contribution in [1.29, 1.82) is 0 Å². The summed E-state index contributed by atoms with van der Waals surface area (Å²) >= 11 is 0. The molecular formula is C20H33IN6O. The molecule has 0 bridgehead atoms. The van der Waals surface area contributed by atoms with Crippen molar-refractivity contribution in [3.8, 4) is 0 Å². The SMILES string of the molecule is CN=C(NCc1ccc(N2CCN(C)CC2)nc1)N1CCC2(CCOC2)C1.I. The van der Waals surface area contributed by atoms with Crippen molar-refractivity contribution in [2.45, 2.75) is 19.4 Å². The van der Waals surface area contributed by atoms with Gasteiger partial charge in [-0.15, -0.1) is 24.0 Å². The number of ether oxygens (including phenoxy) is 1. The van der Waals surface area contributed by atoms with Crippen molar-refractivity contribution in [1.82, 2.24) is 20.1 Å². The van der Waals surface area contributed by atoms with E-state index in [0.717, 1.165) is 70.8 Å². The molecule has 8 heteroatoms. The van der Waals surface area contributed by atoms with Crippen LogP contribution in [0.3, 0.4) is 0 Å². The van der Waals surface area contributed by atoms with Gasteiger partial charge in [0.2, 0.25) is 0 Å². The first-order chi connectivity index (χ1) is 13.2. The number of aromatic nitrogens is 1. The van der Waals surface area contributed by atoms with Gasteiger partial charge in [0.25, 0.3) is 0 Å². The van der Waals surface area contributed by atoms with E-state index in [1.165, 1.54) is 18.4 Å². The number of halogens is 1. The predicted octanol–water partition coefficient (Wildman–Crippen LogP) is 1.64. The number of nitrogens with one attached hydrogen (secondary N) is 1. The summed E-state index contributed by atoms with van der Waals surface area (Å²) in [6.45, 7) is 8.97. The molecule has 1 aromatic rings. The third kappa shape index (κ3) is 4.88. The van der Waals surface area contributed by atoms with Crippen LogP contribution in [0.5, 0.6) is 0 Å². The molecule has 1 aromatic heterocycles. The summed E-state index contributed by atoms with van der Waals surface area (Å²) in [6, 6.07) is 4.32. The molecule has 3 saturated heterocycles. The van der Waals surface area contributed by atoms with Gasteiger partial charge in [-0.25, -0.2) is 4.98 Å². The molecule has 1 atom stereocenters. The fourth-order valence-corrected chi connectivity index (χ4v) is 4.34. The van der Waals surface area contributed by atoms with E-state index in [1.807, 2.05) is 13.2 Å². The molecule has 4 heterocycles. The standard InChI is InChI=1S/C20H32N6O.HI/c1-21-19(26-7-5-20(15-26)6-12-27-16-20)23-14-17-3-4-18(22-13-17)25-10-8-24(2)9-11-25;/h3-4,13H,5-12,14-16H2,1-2H3,(H,21,23);1H. The quantitative estimate of drug-likeness (QED) is 0.387. The lowest BCUT2D eigenvalue weighted by molar-refractivity contribution is 0.156. The maximum Gasteiger partial charge on any atom is 0.193 e. The Morgan fingerprint density at radius 3 is 2.68 bits per heavy atom. The van der Waals surface area contributed by atoms with Crippen LogP contribution in [-0.2, 0) is 11.3 Å². The molecule has 1 unspecified atom stereocenters. The van der Waals surface area contributed by atoms with Crippen molar-refractivity contribution in [3.63, 3.8) is 0 Å². The molecule has 1 spiro atoms. The zero-order valence-corrected chi connectivity index (χ0v) is 19.4. The Kier molecular flexibility index (Phi) is 7.38. The van der Waals surface area contributed by atoms with Gasteiger partial charge >= 0.3 is 0 Å². The first-order valence-electron chi connectivity index (χ1n) is 10.1. The van der Waals surface area contributed by atoms with Crippen LogP contribution in [0.4, 0.5) is 5.82 Å². The Labute approximate surface area is 185 Å². The number of piperazine rings is 1. The minimum absolute atomic E-state index is 0. The normalized spacial score (nSPS) is 26.0. The van der Waals surface area contributed by atoms with E-state index < -0.39 is 0 Å². The summed E-state index contributed by atoms with van der Waals surface area (Å²) in [7, 11) is 4.04. The van der Waals surface area contributed by atoms with E-state index in [0.29, 0.717) is 5.41 Å². The topological polar surface area (TPSA) is 56.2 Å². The Morgan fingerprint density at radius 2 is 2.04 bits per heavy atom. The average molecular weight is 500 g/mol. The van der Waals surface area contributed by atoms with E-state index in [9.17, 15) is 0 Å². The number of anilines is 1. The molecule has 0 amide bonds. The predicted molar refractivity (Wildman–Crippen MR) is 124 cm³/mol. The second-order valence-corrected chi connectivity index (χ2v) is 8.19. The zero-order valence-electron chi connectivity index (χ0n) is 17.1. The van der Waals surface area contributed by atoms with Crippen molar-refractivity contribution >= 4 is 35.8 Å². The molecule has 0 aromatic carbocycles. The number of pyridine rings is 1. The number of likely N-dealkylation sites (N-methyl/N-ethyl adjacent to an activating group) is 1. The van der Waals surface area contributed by atoms with Crippen LogP contribution in [0.2, 0.25) is 0 Å². The van der Waals surface area contributed by atoms with Crippen molar-refractivity contribution in [2.75, 3.05) is 71.5 Å². The summed E-state index contributed by atoms with van der Waals surface area (Å²) < 4.78 is 5.64. The average Bonchev–Trinajstić information content (AvgIpc) is 3.34. The highest BCUT2D eigenvalue weighted by atomic mass is 127. The molecule has 3 fully saturated rings. The Bertz CT molecular complexity index is 653. The number of rotatable bonds is 3. The van der Waals surface area contributed by atoms with E-state index in [4.69, 9.17) is 4.74 Å². The van der Waals surface area contributed by atoms with Gasteiger partial charge in [-0.1, -0.05) is 6.07 Å². The van der Waals surface area contributed by atoms with Crippen molar-refractivity contribution < 1.29 is 4.74 Å². The molecule has 3 aliphatic heterocycles. The highest BCUT2D eigenvalue weighted by Crippen LogP contribution is 2.38. The van der Waals surface area contributed by atoms with Gasteiger partial charge in [-0.2, -0.15) is 0 Å². The monoisotopic (exact) mass is 500 g/mol. The molecule has 0 saturated carbocycles. The van der Waals surface area contributed by atoms with Crippen LogP contribution in [0.15, 0.2) is 23.3 Å². The van der Waals surface area contributed by atoms with Crippen LogP contribution in [0, 0.1) is 5.41 Å². The first-order valence-corrected chi connectivity index (χ1v) is 10.1. The fraction of sp³-hybridized carbons (Fsp3) is 0.700. The molecule has 4 rings (SSSR count). The van der Waals surface area contributed by atoms with Crippen LogP contribution < -0.4 is 10.2 Å². The number of guanidine groups is 1. The lowest BCUT2D eigenvalue weighted by Crippen LogP contribution is -2.44. The van der Waals surface area contributed by atoms with Crippen LogP contribution in [0.25, 0.3) is 0 Å². The van der Waals surface area contributed by atoms with Gasteiger partial charge in [0.1, 0.15) is 5.82 Å². The third-order valence-electron chi connectivity index (χ3n) is 6.22. The third-order valence-corrected chi connectivity index (χ3v) is 6.22. The van der Waals surface area contributed by atoms with Gasteiger partial charge in [-0.3, -0.25) is 4.99 Å².